The van der Waals surface area contributed by atoms with E-state index >= 15 is 0 Å². The quantitative estimate of drug-likeness (QED) is 0.595. The molecule has 0 aromatic rings. The van der Waals surface area contributed by atoms with E-state index in [1.807, 2.05) is 0 Å². The number of rotatable bonds is 1. The maximum absolute atomic E-state index is 2.52. The first-order valence-corrected chi connectivity index (χ1v) is 7.43. The van der Waals surface area contributed by atoms with Gasteiger partial charge in [-0.3, -0.25) is 0 Å². The lowest BCUT2D eigenvalue weighted by Gasteiger charge is -2.44. The van der Waals surface area contributed by atoms with E-state index < -0.39 is 0 Å². The largest absolute Gasteiger partial charge is 0.0625 e. The van der Waals surface area contributed by atoms with Gasteiger partial charge in [-0.25, -0.2) is 0 Å². The average molecular weight is 222 g/mol. The lowest BCUT2D eigenvalue weighted by molar-refractivity contribution is 0.0480. The second kappa shape index (κ2) is 4.35. The first kappa shape index (κ1) is 12.5. The van der Waals surface area contributed by atoms with Crippen molar-refractivity contribution in [2.24, 2.45) is 47.3 Å². The molecule has 0 bridgehead atoms. The van der Waals surface area contributed by atoms with Crippen molar-refractivity contribution < 1.29 is 0 Å². The lowest BCUT2D eigenvalue weighted by atomic mass is 9.61. The zero-order valence-corrected chi connectivity index (χ0v) is 12.0. The van der Waals surface area contributed by atoms with Crippen molar-refractivity contribution in [1.82, 2.24) is 0 Å². The van der Waals surface area contributed by atoms with Crippen molar-refractivity contribution in [2.45, 2.75) is 54.4 Å². The number of hydrogen-bond donors (Lipinski definition) is 0. The molecule has 0 aliphatic heterocycles. The third kappa shape index (κ3) is 1.83. The second-order valence-electron chi connectivity index (χ2n) is 7.32. The summed E-state index contributed by atoms with van der Waals surface area (Å²) in [5.74, 6) is 7.78. The lowest BCUT2D eigenvalue weighted by Crippen LogP contribution is -2.37. The summed E-state index contributed by atoms with van der Waals surface area (Å²) in [5.41, 5.74) is 0. The van der Waals surface area contributed by atoms with Crippen LogP contribution in [-0.2, 0) is 0 Å². The van der Waals surface area contributed by atoms with Gasteiger partial charge >= 0.3 is 0 Å². The number of hydrogen-bond acceptors (Lipinski definition) is 0. The molecule has 0 saturated heterocycles. The highest BCUT2D eigenvalue weighted by molar-refractivity contribution is 4.98. The van der Waals surface area contributed by atoms with Gasteiger partial charge in [0.2, 0.25) is 0 Å². The highest BCUT2D eigenvalue weighted by atomic mass is 14.5. The SMILES string of the molecule is CC(C)C1C(C)CC2C(C)C(C)CC(C)C21. The molecule has 0 heteroatoms. The van der Waals surface area contributed by atoms with Gasteiger partial charge in [0, 0.05) is 0 Å². The molecule has 2 rings (SSSR count). The molecule has 2 aliphatic carbocycles. The van der Waals surface area contributed by atoms with Crippen molar-refractivity contribution in [2.75, 3.05) is 0 Å². The second-order valence-corrected chi connectivity index (χ2v) is 7.32. The van der Waals surface area contributed by atoms with E-state index in [1.54, 1.807) is 0 Å². The van der Waals surface area contributed by atoms with Crippen LogP contribution in [0.5, 0.6) is 0 Å². The minimum absolute atomic E-state index is 0.882. The summed E-state index contributed by atoms with van der Waals surface area (Å²) in [6.07, 6.45) is 2.97. The molecule has 0 spiro atoms. The van der Waals surface area contributed by atoms with Gasteiger partial charge in [-0.05, 0) is 60.2 Å². The smallest absolute Gasteiger partial charge is 0.0324 e. The van der Waals surface area contributed by atoms with Gasteiger partial charge in [0.25, 0.3) is 0 Å². The summed E-state index contributed by atoms with van der Waals surface area (Å²) in [7, 11) is 0. The molecule has 0 amide bonds. The molecule has 0 N–H and O–H groups in total. The van der Waals surface area contributed by atoms with Crippen molar-refractivity contribution >= 4 is 0 Å². The molecule has 0 heterocycles. The fourth-order valence-corrected chi connectivity index (χ4v) is 5.26. The van der Waals surface area contributed by atoms with Crippen LogP contribution in [0.1, 0.15) is 54.4 Å². The molecular formula is C16H30. The number of fused-ring (bicyclic) bond motifs is 1. The summed E-state index contributed by atoms with van der Waals surface area (Å²) in [5, 5.41) is 0. The third-order valence-electron chi connectivity index (χ3n) is 5.98. The molecule has 2 aliphatic rings. The van der Waals surface area contributed by atoms with Gasteiger partial charge in [-0.1, -0.05) is 41.5 Å². The van der Waals surface area contributed by atoms with E-state index in [0.717, 1.165) is 47.3 Å². The highest BCUT2D eigenvalue weighted by Gasteiger charge is 2.50. The minimum atomic E-state index is 0.882. The van der Waals surface area contributed by atoms with Crippen molar-refractivity contribution in [3.63, 3.8) is 0 Å². The van der Waals surface area contributed by atoms with E-state index in [0.29, 0.717) is 0 Å². The maximum Gasteiger partial charge on any atom is -0.0324 e. The zero-order valence-electron chi connectivity index (χ0n) is 12.0. The molecule has 0 nitrogen and oxygen atoms in total. The van der Waals surface area contributed by atoms with Crippen LogP contribution in [0.3, 0.4) is 0 Å². The zero-order chi connectivity index (χ0) is 12.0. The summed E-state index contributed by atoms with van der Waals surface area (Å²) in [6, 6.07) is 0. The van der Waals surface area contributed by atoms with E-state index in [-0.39, 0.29) is 0 Å². The predicted molar refractivity (Wildman–Crippen MR) is 71.2 cm³/mol. The molecule has 0 aromatic carbocycles. The summed E-state index contributed by atoms with van der Waals surface area (Å²) in [6.45, 7) is 14.9. The van der Waals surface area contributed by atoms with Crippen molar-refractivity contribution in [3.8, 4) is 0 Å². The first-order chi connectivity index (χ1) is 7.43. The fourth-order valence-electron chi connectivity index (χ4n) is 5.26. The Labute approximate surface area is 102 Å². The molecule has 0 aromatic heterocycles. The third-order valence-corrected chi connectivity index (χ3v) is 5.98. The van der Waals surface area contributed by atoms with Gasteiger partial charge in [-0.15, -0.1) is 0 Å². The van der Waals surface area contributed by atoms with Gasteiger partial charge in [0.15, 0.2) is 0 Å². The van der Waals surface area contributed by atoms with Gasteiger partial charge < -0.3 is 0 Å². The molecule has 2 saturated carbocycles. The molecule has 0 radical (unpaired) electrons. The molecule has 7 atom stereocenters. The van der Waals surface area contributed by atoms with Gasteiger partial charge in [0.05, 0.1) is 0 Å². The molecule has 7 unspecified atom stereocenters. The van der Waals surface area contributed by atoms with Gasteiger partial charge in [-0.2, -0.15) is 0 Å². The topological polar surface area (TPSA) is 0 Å². The standard InChI is InChI=1S/C16H30/c1-9(2)15-12(5)8-14-13(6)10(3)7-11(4)16(14)15/h9-16H,7-8H2,1-6H3. The van der Waals surface area contributed by atoms with Crippen LogP contribution in [0.15, 0.2) is 0 Å². The molecule has 94 valence electrons. The highest BCUT2D eigenvalue weighted by Crippen LogP contribution is 2.56. The molecule has 2 fully saturated rings. The summed E-state index contributed by atoms with van der Waals surface area (Å²) in [4.78, 5) is 0. The average Bonchev–Trinajstić information content (AvgIpc) is 2.52. The van der Waals surface area contributed by atoms with Gasteiger partial charge in [0.1, 0.15) is 0 Å². The van der Waals surface area contributed by atoms with E-state index in [4.69, 9.17) is 0 Å². The van der Waals surface area contributed by atoms with Crippen molar-refractivity contribution in [1.29, 1.82) is 0 Å². The van der Waals surface area contributed by atoms with E-state index in [1.165, 1.54) is 12.8 Å². The Morgan fingerprint density at radius 2 is 1.44 bits per heavy atom. The Morgan fingerprint density at radius 1 is 0.812 bits per heavy atom. The van der Waals surface area contributed by atoms with Crippen LogP contribution < -0.4 is 0 Å². The summed E-state index contributed by atoms with van der Waals surface area (Å²) < 4.78 is 0. The van der Waals surface area contributed by atoms with Crippen LogP contribution in [0, 0.1) is 47.3 Å². The van der Waals surface area contributed by atoms with Crippen LogP contribution >= 0.6 is 0 Å². The Bertz CT molecular complexity index is 242. The monoisotopic (exact) mass is 222 g/mol. The Hall–Kier alpha value is 0. The van der Waals surface area contributed by atoms with E-state index in [2.05, 4.69) is 41.5 Å². The van der Waals surface area contributed by atoms with Crippen LogP contribution in [0.2, 0.25) is 0 Å². The molecular weight excluding hydrogens is 192 g/mol. The van der Waals surface area contributed by atoms with Crippen LogP contribution in [0.25, 0.3) is 0 Å². The van der Waals surface area contributed by atoms with Crippen LogP contribution in [0.4, 0.5) is 0 Å². The normalized spacial score (nSPS) is 53.1. The molecule has 16 heavy (non-hydrogen) atoms. The predicted octanol–water partition coefficient (Wildman–Crippen LogP) is 4.84. The Morgan fingerprint density at radius 3 is 2.00 bits per heavy atom. The van der Waals surface area contributed by atoms with E-state index in [9.17, 15) is 0 Å². The first-order valence-electron chi connectivity index (χ1n) is 7.43. The summed E-state index contributed by atoms with van der Waals surface area (Å²) >= 11 is 0. The van der Waals surface area contributed by atoms with Crippen molar-refractivity contribution in [3.05, 3.63) is 0 Å². The fraction of sp³-hybridized carbons (Fsp3) is 1.00. The minimum Gasteiger partial charge on any atom is -0.0625 e. The maximum atomic E-state index is 2.52. The Balaban J connectivity index is 2.23. The Kier molecular flexibility index (Phi) is 3.39. The van der Waals surface area contributed by atoms with Crippen LogP contribution in [-0.4, -0.2) is 0 Å².